The fourth-order valence-electron chi connectivity index (χ4n) is 2.40. The molecule has 0 spiro atoms. The van der Waals surface area contributed by atoms with Gasteiger partial charge in [-0.25, -0.2) is 9.97 Å². The molecule has 2 aromatic heterocycles. The smallest absolute Gasteiger partial charge is 0.150 e. The van der Waals surface area contributed by atoms with Gasteiger partial charge in [-0.3, -0.25) is 4.40 Å². The lowest BCUT2D eigenvalue weighted by molar-refractivity contribution is 0.445. The zero-order valence-electron chi connectivity index (χ0n) is 9.36. The molecule has 5 nitrogen and oxygen atoms in total. The highest BCUT2D eigenvalue weighted by molar-refractivity contribution is 14.1. The predicted molar refractivity (Wildman–Crippen MR) is 75.0 cm³/mol. The lowest BCUT2D eigenvalue weighted by Gasteiger charge is -2.21. The van der Waals surface area contributed by atoms with Gasteiger partial charge in [0.15, 0.2) is 5.82 Å². The number of piperidine rings is 1. The zero-order valence-corrected chi connectivity index (χ0v) is 11.5. The molecule has 2 aromatic rings. The van der Waals surface area contributed by atoms with E-state index in [1.807, 2.05) is 6.20 Å². The summed E-state index contributed by atoms with van der Waals surface area (Å²) in [6.07, 6.45) is 6.08. The standard InChI is InChI=1S/C11H14IN5/c12-9-8-10(13)15-4-5-17(8)11(16-9)7-2-1-3-14-6-7/h4-5,7,14H,1-3,6H2,(H2,13,15). The summed E-state index contributed by atoms with van der Waals surface area (Å²) >= 11 is 2.23. The van der Waals surface area contributed by atoms with Crippen molar-refractivity contribution >= 4 is 33.9 Å². The average molecular weight is 343 g/mol. The van der Waals surface area contributed by atoms with E-state index in [0.29, 0.717) is 11.7 Å². The number of fused-ring (bicyclic) bond motifs is 1. The maximum atomic E-state index is 5.91. The van der Waals surface area contributed by atoms with Crippen molar-refractivity contribution in [1.82, 2.24) is 19.7 Å². The summed E-state index contributed by atoms with van der Waals surface area (Å²) in [5.41, 5.74) is 6.85. The highest BCUT2D eigenvalue weighted by atomic mass is 127. The van der Waals surface area contributed by atoms with Crippen LogP contribution >= 0.6 is 22.6 Å². The van der Waals surface area contributed by atoms with Crippen LogP contribution in [-0.2, 0) is 0 Å². The number of nitrogens with zero attached hydrogens (tertiary/aromatic N) is 3. The Balaban J connectivity index is 2.13. The molecule has 1 atom stereocenters. The molecule has 3 heterocycles. The summed E-state index contributed by atoms with van der Waals surface area (Å²) in [6.45, 7) is 2.11. The summed E-state index contributed by atoms with van der Waals surface area (Å²) in [6, 6.07) is 0. The van der Waals surface area contributed by atoms with Gasteiger partial charge in [0, 0.05) is 24.9 Å². The van der Waals surface area contributed by atoms with Crippen LogP contribution in [0.3, 0.4) is 0 Å². The van der Waals surface area contributed by atoms with Gasteiger partial charge in [-0.1, -0.05) is 0 Å². The molecule has 6 heteroatoms. The summed E-state index contributed by atoms with van der Waals surface area (Å²) in [4.78, 5) is 8.79. The van der Waals surface area contributed by atoms with Gasteiger partial charge in [-0.2, -0.15) is 0 Å². The molecule has 0 bridgehead atoms. The van der Waals surface area contributed by atoms with Crippen molar-refractivity contribution < 1.29 is 0 Å². The molecule has 1 aliphatic heterocycles. The Labute approximate surface area is 113 Å². The Morgan fingerprint density at radius 2 is 2.41 bits per heavy atom. The van der Waals surface area contributed by atoms with Crippen molar-refractivity contribution in [2.24, 2.45) is 0 Å². The Morgan fingerprint density at radius 1 is 1.53 bits per heavy atom. The van der Waals surface area contributed by atoms with Crippen LogP contribution in [0.15, 0.2) is 12.4 Å². The molecule has 0 saturated carbocycles. The van der Waals surface area contributed by atoms with Crippen molar-refractivity contribution in [2.75, 3.05) is 18.8 Å². The number of anilines is 1. The quantitative estimate of drug-likeness (QED) is 0.768. The molecule has 1 aliphatic rings. The van der Waals surface area contributed by atoms with Gasteiger partial charge >= 0.3 is 0 Å². The molecule has 0 amide bonds. The first kappa shape index (κ1) is 11.2. The van der Waals surface area contributed by atoms with Gasteiger partial charge in [0.25, 0.3) is 0 Å². The average Bonchev–Trinajstić information content (AvgIpc) is 2.69. The van der Waals surface area contributed by atoms with Gasteiger partial charge < -0.3 is 11.1 Å². The Hall–Kier alpha value is -0.890. The molecule has 0 aromatic carbocycles. The van der Waals surface area contributed by atoms with Gasteiger partial charge in [-0.05, 0) is 42.0 Å². The fraction of sp³-hybridized carbons (Fsp3) is 0.455. The number of nitrogens with two attached hydrogens (primary N) is 1. The zero-order chi connectivity index (χ0) is 11.8. The van der Waals surface area contributed by atoms with E-state index in [-0.39, 0.29) is 0 Å². The summed E-state index contributed by atoms with van der Waals surface area (Å²) in [5.74, 6) is 2.13. The lowest BCUT2D eigenvalue weighted by atomic mass is 9.99. The van der Waals surface area contributed by atoms with E-state index < -0.39 is 0 Å². The number of hydrogen-bond donors (Lipinski definition) is 2. The molecule has 0 aliphatic carbocycles. The number of imidazole rings is 1. The van der Waals surface area contributed by atoms with Gasteiger partial charge in [0.1, 0.15) is 15.0 Å². The normalized spacial score (nSPS) is 20.9. The van der Waals surface area contributed by atoms with E-state index in [9.17, 15) is 0 Å². The minimum atomic E-state index is 0.474. The van der Waals surface area contributed by atoms with Crippen LogP contribution in [0.4, 0.5) is 5.82 Å². The number of aromatic nitrogens is 3. The Kier molecular flexibility index (Phi) is 2.91. The molecule has 1 fully saturated rings. The van der Waals surface area contributed by atoms with Crippen LogP contribution in [0.25, 0.3) is 5.52 Å². The molecular weight excluding hydrogens is 329 g/mol. The first-order valence-electron chi connectivity index (χ1n) is 5.76. The largest absolute Gasteiger partial charge is 0.382 e. The van der Waals surface area contributed by atoms with Gasteiger partial charge in [0.2, 0.25) is 0 Å². The van der Waals surface area contributed by atoms with Crippen LogP contribution in [-0.4, -0.2) is 27.5 Å². The second-order valence-electron chi connectivity index (χ2n) is 4.34. The van der Waals surface area contributed by atoms with Crippen LogP contribution in [0.2, 0.25) is 0 Å². The molecule has 3 rings (SSSR count). The minimum Gasteiger partial charge on any atom is -0.382 e. The third kappa shape index (κ3) is 1.89. The van der Waals surface area contributed by atoms with E-state index in [2.05, 4.69) is 42.3 Å². The summed E-state index contributed by atoms with van der Waals surface area (Å²) < 4.78 is 3.02. The lowest BCUT2D eigenvalue weighted by Crippen LogP contribution is -2.29. The number of rotatable bonds is 1. The molecule has 90 valence electrons. The van der Waals surface area contributed by atoms with Crippen molar-refractivity contribution in [2.45, 2.75) is 18.8 Å². The van der Waals surface area contributed by atoms with Crippen molar-refractivity contribution in [1.29, 1.82) is 0 Å². The highest BCUT2D eigenvalue weighted by Gasteiger charge is 2.22. The number of nitrogen functional groups attached to an aromatic ring is 1. The third-order valence-electron chi connectivity index (χ3n) is 3.23. The predicted octanol–water partition coefficient (Wildman–Crippen LogP) is 1.38. The monoisotopic (exact) mass is 343 g/mol. The van der Waals surface area contributed by atoms with Gasteiger partial charge in [-0.15, -0.1) is 0 Å². The van der Waals surface area contributed by atoms with Crippen molar-refractivity contribution in [3.8, 4) is 0 Å². The minimum absolute atomic E-state index is 0.474. The van der Waals surface area contributed by atoms with E-state index in [4.69, 9.17) is 5.73 Å². The maximum absolute atomic E-state index is 5.91. The first-order valence-corrected chi connectivity index (χ1v) is 6.84. The summed E-state index contributed by atoms with van der Waals surface area (Å²) in [5, 5.41) is 3.42. The van der Waals surface area contributed by atoms with Crippen LogP contribution in [0, 0.1) is 3.70 Å². The summed E-state index contributed by atoms with van der Waals surface area (Å²) in [7, 11) is 0. The fourth-order valence-corrected chi connectivity index (χ4v) is 3.19. The second kappa shape index (κ2) is 4.41. The van der Waals surface area contributed by atoms with Gasteiger partial charge in [0.05, 0.1) is 0 Å². The Bertz CT molecular complexity index is 544. The van der Waals surface area contributed by atoms with Crippen molar-refractivity contribution in [3.05, 3.63) is 21.9 Å². The SMILES string of the molecule is Nc1nccn2c(C3CCCNC3)nc(I)c12. The molecule has 3 N–H and O–H groups in total. The number of nitrogens with one attached hydrogen (secondary N) is 1. The van der Waals surface area contributed by atoms with Crippen LogP contribution in [0.1, 0.15) is 24.6 Å². The van der Waals surface area contributed by atoms with Crippen molar-refractivity contribution in [3.63, 3.8) is 0 Å². The third-order valence-corrected chi connectivity index (χ3v) is 3.98. The first-order chi connectivity index (χ1) is 8.27. The molecule has 1 unspecified atom stereocenters. The van der Waals surface area contributed by atoms with Crippen LogP contribution < -0.4 is 11.1 Å². The Morgan fingerprint density at radius 3 is 3.18 bits per heavy atom. The molecular formula is C11H14IN5. The molecule has 0 radical (unpaired) electrons. The maximum Gasteiger partial charge on any atom is 0.150 e. The van der Waals surface area contributed by atoms with E-state index in [1.54, 1.807) is 6.20 Å². The van der Waals surface area contributed by atoms with Crippen LogP contribution in [0.5, 0.6) is 0 Å². The molecule has 1 saturated heterocycles. The molecule has 17 heavy (non-hydrogen) atoms. The second-order valence-corrected chi connectivity index (χ2v) is 5.36. The van der Waals surface area contributed by atoms with E-state index >= 15 is 0 Å². The number of halogens is 1. The van der Waals surface area contributed by atoms with E-state index in [1.165, 1.54) is 12.8 Å². The number of hydrogen-bond acceptors (Lipinski definition) is 4. The highest BCUT2D eigenvalue weighted by Crippen LogP contribution is 2.27. The van der Waals surface area contributed by atoms with E-state index in [0.717, 1.165) is 28.1 Å². The topological polar surface area (TPSA) is 68.2 Å².